The van der Waals surface area contributed by atoms with Gasteiger partial charge >= 0.3 is 0 Å². The number of nitrogens with zero attached hydrogens (tertiary/aromatic N) is 4. The number of anilines is 1. The van der Waals surface area contributed by atoms with Gasteiger partial charge < -0.3 is 24.2 Å². The Hall–Kier alpha value is -3.00. The normalized spacial score (nSPS) is 16.6. The predicted octanol–water partition coefficient (Wildman–Crippen LogP) is 2.38. The van der Waals surface area contributed by atoms with Gasteiger partial charge in [0, 0.05) is 18.3 Å². The van der Waals surface area contributed by atoms with Gasteiger partial charge in [-0.1, -0.05) is 0 Å². The Morgan fingerprint density at radius 1 is 1.14 bits per heavy atom. The highest BCUT2D eigenvalue weighted by atomic mass is 16.5. The van der Waals surface area contributed by atoms with Crippen molar-refractivity contribution in [3.63, 3.8) is 0 Å². The van der Waals surface area contributed by atoms with Gasteiger partial charge in [-0.3, -0.25) is 0 Å². The van der Waals surface area contributed by atoms with Crippen LogP contribution in [-0.2, 0) is 0 Å². The van der Waals surface area contributed by atoms with Crippen LogP contribution in [0, 0.1) is 0 Å². The molecule has 0 aliphatic carbocycles. The molecule has 1 aromatic carbocycles. The first-order valence-corrected chi connectivity index (χ1v) is 9.22. The number of aliphatic hydroxyl groups is 1. The maximum absolute atomic E-state index is 9.69. The smallest absolute Gasteiger partial charge is 0.203 e. The molecule has 2 aromatic heterocycles. The van der Waals surface area contributed by atoms with Crippen LogP contribution >= 0.6 is 0 Å². The summed E-state index contributed by atoms with van der Waals surface area (Å²) < 4.78 is 18.2. The number of aromatic nitrogens is 3. The summed E-state index contributed by atoms with van der Waals surface area (Å²) >= 11 is 0. The average molecular weight is 384 g/mol. The van der Waals surface area contributed by atoms with E-state index in [4.69, 9.17) is 14.2 Å². The number of methoxy groups -OCH3 is 3. The molecule has 0 amide bonds. The van der Waals surface area contributed by atoms with Crippen molar-refractivity contribution in [3.05, 3.63) is 30.6 Å². The van der Waals surface area contributed by atoms with Crippen molar-refractivity contribution in [2.24, 2.45) is 0 Å². The highest BCUT2D eigenvalue weighted by molar-refractivity contribution is 5.81. The molecule has 1 atom stereocenters. The van der Waals surface area contributed by atoms with Gasteiger partial charge in [0.15, 0.2) is 17.1 Å². The lowest BCUT2D eigenvalue weighted by Gasteiger charge is -2.25. The largest absolute Gasteiger partial charge is 0.493 e. The van der Waals surface area contributed by atoms with Crippen LogP contribution in [0.15, 0.2) is 30.6 Å². The molecule has 28 heavy (non-hydrogen) atoms. The summed E-state index contributed by atoms with van der Waals surface area (Å²) in [4.78, 5) is 6.75. The minimum atomic E-state index is 0.111. The zero-order valence-corrected chi connectivity index (χ0v) is 16.3. The Kier molecular flexibility index (Phi) is 4.95. The second-order valence-corrected chi connectivity index (χ2v) is 6.68. The van der Waals surface area contributed by atoms with Crippen LogP contribution in [0.1, 0.15) is 12.8 Å². The zero-order valence-electron chi connectivity index (χ0n) is 16.3. The van der Waals surface area contributed by atoms with Gasteiger partial charge in [-0.2, -0.15) is 9.61 Å². The van der Waals surface area contributed by atoms with Gasteiger partial charge in [-0.15, -0.1) is 0 Å². The summed E-state index contributed by atoms with van der Waals surface area (Å²) in [7, 11) is 4.77. The fraction of sp³-hybridized carbons (Fsp3) is 0.400. The van der Waals surface area contributed by atoms with E-state index in [9.17, 15) is 5.11 Å². The molecule has 0 bridgehead atoms. The van der Waals surface area contributed by atoms with Crippen LogP contribution < -0.4 is 19.1 Å². The van der Waals surface area contributed by atoms with Crippen LogP contribution in [0.3, 0.4) is 0 Å². The summed E-state index contributed by atoms with van der Waals surface area (Å²) in [6.45, 7) is 1.02. The second-order valence-electron chi connectivity index (χ2n) is 6.68. The topological polar surface area (TPSA) is 81.4 Å². The number of benzene rings is 1. The molecule has 1 aliphatic rings. The summed E-state index contributed by atoms with van der Waals surface area (Å²) in [5.41, 5.74) is 2.46. The Morgan fingerprint density at radius 2 is 1.89 bits per heavy atom. The van der Waals surface area contributed by atoms with Crippen molar-refractivity contribution < 1.29 is 19.3 Å². The van der Waals surface area contributed by atoms with E-state index in [0.29, 0.717) is 17.2 Å². The quantitative estimate of drug-likeness (QED) is 0.699. The molecule has 0 radical (unpaired) electrons. The first-order valence-electron chi connectivity index (χ1n) is 9.22. The van der Waals surface area contributed by atoms with Gasteiger partial charge in [-0.05, 0) is 36.6 Å². The molecule has 0 unspecified atom stereocenters. The maximum Gasteiger partial charge on any atom is 0.203 e. The Balaban J connectivity index is 1.84. The lowest BCUT2D eigenvalue weighted by atomic mass is 10.1. The van der Waals surface area contributed by atoms with Crippen LogP contribution in [0.5, 0.6) is 17.2 Å². The molecule has 3 heterocycles. The molecule has 148 valence electrons. The highest BCUT2D eigenvalue weighted by Gasteiger charge is 2.27. The van der Waals surface area contributed by atoms with Crippen molar-refractivity contribution in [2.75, 3.05) is 39.4 Å². The van der Waals surface area contributed by atoms with Crippen molar-refractivity contribution in [1.82, 2.24) is 14.6 Å². The first kappa shape index (κ1) is 18.4. The van der Waals surface area contributed by atoms with Crippen molar-refractivity contribution >= 4 is 11.5 Å². The second kappa shape index (κ2) is 7.55. The van der Waals surface area contributed by atoms with E-state index in [-0.39, 0.29) is 12.6 Å². The average Bonchev–Trinajstić information content (AvgIpc) is 3.39. The van der Waals surface area contributed by atoms with Gasteiger partial charge in [0.25, 0.3) is 0 Å². The zero-order chi connectivity index (χ0) is 19.7. The van der Waals surface area contributed by atoms with E-state index in [1.165, 1.54) is 0 Å². The minimum Gasteiger partial charge on any atom is -0.493 e. The van der Waals surface area contributed by atoms with E-state index >= 15 is 0 Å². The van der Waals surface area contributed by atoms with E-state index in [1.807, 2.05) is 22.7 Å². The molecule has 1 N–H and O–H groups in total. The minimum absolute atomic E-state index is 0.111. The lowest BCUT2D eigenvalue weighted by molar-refractivity contribution is 0.265. The molecule has 1 fully saturated rings. The lowest BCUT2D eigenvalue weighted by Crippen LogP contribution is -2.33. The molecule has 1 saturated heterocycles. The third kappa shape index (κ3) is 2.90. The van der Waals surface area contributed by atoms with Gasteiger partial charge in [0.1, 0.15) is 5.82 Å². The van der Waals surface area contributed by atoms with Gasteiger partial charge in [-0.25, -0.2) is 4.98 Å². The fourth-order valence-electron chi connectivity index (χ4n) is 3.86. The molecular formula is C20H24N4O4. The Labute approximate surface area is 163 Å². The summed E-state index contributed by atoms with van der Waals surface area (Å²) in [5.74, 6) is 2.63. The molecule has 8 nitrogen and oxygen atoms in total. The number of fused-ring (bicyclic) bond motifs is 1. The third-order valence-corrected chi connectivity index (χ3v) is 5.24. The number of hydrogen-bond acceptors (Lipinski definition) is 7. The number of hydrogen-bond donors (Lipinski definition) is 1. The van der Waals surface area contributed by atoms with E-state index < -0.39 is 0 Å². The number of ether oxygens (including phenoxy) is 3. The van der Waals surface area contributed by atoms with Crippen molar-refractivity contribution in [1.29, 1.82) is 0 Å². The Bertz CT molecular complexity index is 962. The summed E-state index contributed by atoms with van der Waals surface area (Å²) in [6, 6.07) is 5.82. The van der Waals surface area contributed by atoms with E-state index in [2.05, 4.69) is 15.0 Å². The van der Waals surface area contributed by atoms with Crippen LogP contribution in [0.25, 0.3) is 16.8 Å². The van der Waals surface area contributed by atoms with E-state index in [0.717, 1.165) is 42.0 Å². The molecule has 1 aliphatic heterocycles. The Morgan fingerprint density at radius 3 is 2.54 bits per heavy atom. The molecule has 3 aromatic rings. The third-order valence-electron chi connectivity index (χ3n) is 5.24. The van der Waals surface area contributed by atoms with Crippen molar-refractivity contribution in [3.8, 4) is 28.4 Å². The maximum atomic E-state index is 9.69. The molecule has 0 saturated carbocycles. The van der Waals surface area contributed by atoms with Gasteiger partial charge in [0.2, 0.25) is 5.75 Å². The molecule has 4 rings (SSSR count). The predicted molar refractivity (Wildman–Crippen MR) is 106 cm³/mol. The van der Waals surface area contributed by atoms with E-state index in [1.54, 1.807) is 33.7 Å². The highest BCUT2D eigenvalue weighted by Crippen LogP contribution is 2.42. The van der Waals surface area contributed by atoms with Crippen LogP contribution in [0.4, 0.5) is 5.82 Å². The number of rotatable bonds is 6. The van der Waals surface area contributed by atoms with Gasteiger partial charge in [0.05, 0.1) is 40.2 Å². The monoisotopic (exact) mass is 384 g/mol. The fourth-order valence-corrected chi connectivity index (χ4v) is 3.86. The molecular weight excluding hydrogens is 360 g/mol. The van der Waals surface area contributed by atoms with Crippen LogP contribution in [-0.4, -0.2) is 60.2 Å². The standard InChI is InChI=1S/C20H24N4O4/c1-26-16-9-13(10-17(27-2)19(16)28-3)15-11-22-24-18(6-7-21-20(15)24)23-8-4-5-14(23)12-25/h6-7,9-11,14,25H,4-5,8,12H2,1-3H3/t14-/m0/s1. The summed E-state index contributed by atoms with van der Waals surface area (Å²) in [5, 5.41) is 14.3. The first-order chi connectivity index (χ1) is 13.7. The van der Waals surface area contributed by atoms with Crippen LogP contribution in [0.2, 0.25) is 0 Å². The summed E-state index contributed by atoms with van der Waals surface area (Å²) in [6.07, 6.45) is 5.59. The molecule has 8 heteroatoms. The van der Waals surface area contributed by atoms with Crippen molar-refractivity contribution in [2.45, 2.75) is 18.9 Å². The molecule has 0 spiro atoms. The SMILES string of the molecule is COc1cc(-c2cnn3c(N4CCC[C@H]4CO)ccnc23)cc(OC)c1OC. The number of aliphatic hydroxyl groups excluding tert-OH is 1.